The molecular weight excluding hydrogens is 434 g/mol. The maximum atomic E-state index is 5.43. The molecule has 33 heavy (non-hydrogen) atoms. The van der Waals surface area contributed by atoms with E-state index in [0.717, 1.165) is 44.1 Å². The van der Waals surface area contributed by atoms with Crippen LogP contribution in [0.15, 0.2) is 47.5 Å². The van der Waals surface area contributed by atoms with Gasteiger partial charge in [-0.3, -0.25) is 10.2 Å². The fourth-order valence-electron chi connectivity index (χ4n) is 3.50. The van der Waals surface area contributed by atoms with Gasteiger partial charge in [0.05, 0.1) is 6.61 Å². The molecule has 0 atom stereocenters. The van der Waals surface area contributed by atoms with E-state index in [1.165, 1.54) is 5.56 Å². The summed E-state index contributed by atoms with van der Waals surface area (Å²) in [6, 6.07) is 12.3. The van der Waals surface area contributed by atoms with Crippen molar-refractivity contribution in [1.82, 2.24) is 25.1 Å². The highest BCUT2D eigenvalue weighted by Gasteiger charge is 2.20. The third-order valence-corrected chi connectivity index (χ3v) is 5.38. The second-order valence-electron chi connectivity index (χ2n) is 7.86. The van der Waals surface area contributed by atoms with Gasteiger partial charge in [-0.15, -0.1) is 0 Å². The zero-order chi connectivity index (χ0) is 23.5. The first-order chi connectivity index (χ1) is 16.0. The second kappa shape index (κ2) is 13.0. The smallest absolute Gasteiger partial charge is 0.229 e. The minimum atomic E-state index is 0.409. The SMILES string of the molecule is COCCNC(=S)/N=C(/Nc1nc(C)cc(C)n1)N1CCN(C/C=C/c2ccccc2)CC1. The van der Waals surface area contributed by atoms with Gasteiger partial charge < -0.3 is 15.0 Å². The Bertz CT molecular complexity index is 936. The molecule has 1 saturated heterocycles. The maximum Gasteiger partial charge on any atom is 0.229 e. The Morgan fingerprint density at radius 3 is 2.48 bits per heavy atom. The molecule has 2 heterocycles. The van der Waals surface area contributed by atoms with Gasteiger partial charge in [0.2, 0.25) is 11.9 Å². The number of anilines is 1. The van der Waals surface area contributed by atoms with Crippen molar-refractivity contribution in [3.8, 4) is 0 Å². The highest BCUT2D eigenvalue weighted by molar-refractivity contribution is 7.80. The fraction of sp³-hybridized carbons (Fsp3) is 0.417. The van der Waals surface area contributed by atoms with Gasteiger partial charge in [0.15, 0.2) is 5.11 Å². The molecule has 0 saturated carbocycles. The Morgan fingerprint density at radius 1 is 1.12 bits per heavy atom. The third-order valence-electron chi connectivity index (χ3n) is 5.14. The van der Waals surface area contributed by atoms with E-state index in [-0.39, 0.29) is 0 Å². The van der Waals surface area contributed by atoms with E-state index < -0.39 is 0 Å². The minimum Gasteiger partial charge on any atom is -0.383 e. The van der Waals surface area contributed by atoms with Crippen molar-refractivity contribution in [3.05, 3.63) is 59.4 Å². The van der Waals surface area contributed by atoms with E-state index in [0.29, 0.717) is 30.2 Å². The van der Waals surface area contributed by atoms with Gasteiger partial charge in [-0.2, -0.15) is 4.99 Å². The minimum absolute atomic E-state index is 0.409. The number of benzene rings is 1. The van der Waals surface area contributed by atoms with Crippen LogP contribution in [-0.2, 0) is 4.74 Å². The monoisotopic (exact) mass is 467 g/mol. The number of ether oxygens (including phenoxy) is 1. The van der Waals surface area contributed by atoms with Crippen molar-refractivity contribution in [2.75, 3.05) is 58.3 Å². The van der Waals surface area contributed by atoms with Gasteiger partial charge in [0, 0.05) is 57.8 Å². The predicted molar refractivity (Wildman–Crippen MR) is 139 cm³/mol. The molecule has 0 spiro atoms. The van der Waals surface area contributed by atoms with Crippen LogP contribution in [0, 0.1) is 13.8 Å². The second-order valence-corrected chi connectivity index (χ2v) is 8.25. The van der Waals surface area contributed by atoms with Crippen LogP contribution in [-0.4, -0.2) is 83.8 Å². The number of piperazine rings is 1. The molecule has 1 fully saturated rings. The number of nitrogens with zero attached hydrogens (tertiary/aromatic N) is 5. The fourth-order valence-corrected chi connectivity index (χ4v) is 3.69. The number of hydrogen-bond donors (Lipinski definition) is 2. The average molecular weight is 468 g/mol. The van der Waals surface area contributed by atoms with E-state index in [4.69, 9.17) is 17.0 Å². The van der Waals surface area contributed by atoms with Gasteiger partial charge in [-0.05, 0) is 37.7 Å². The first-order valence-corrected chi connectivity index (χ1v) is 11.6. The number of aliphatic imine (C=N–C) groups is 1. The van der Waals surface area contributed by atoms with Crippen LogP contribution in [0.1, 0.15) is 17.0 Å². The molecule has 9 heteroatoms. The summed E-state index contributed by atoms with van der Waals surface area (Å²) < 4.78 is 5.08. The lowest BCUT2D eigenvalue weighted by Crippen LogP contribution is -2.51. The lowest BCUT2D eigenvalue weighted by Gasteiger charge is -2.35. The molecule has 176 valence electrons. The maximum absolute atomic E-state index is 5.43. The molecule has 8 nitrogen and oxygen atoms in total. The summed E-state index contributed by atoms with van der Waals surface area (Å²) in [6.45, 7) is 9.51. The molecule has 0 aliphatic carbocycles. The number of thiocarbonyl (C=S) groups is 1. The molecule has 1 aliphatic rings. The largest absolute Gasteiger partial charge is 0.383 e. The van der Waals surface area contributed by atoms with Crippen LogP contribution in [0.25, 0.3) is 6.08 Å². The van der Waals surface area contributed by atoms with Crippen LogP contribution in [0.4, 0.5) is 5.95 Å². The van der Waals surface area contributed by atoms with Gasteiger partial charge in [0.1, 0.15) is 0 Å². The number of rotatable bonds is 7. The standard InChI is InChI=1S/C24H33N7OS/c1-19-18-20(2)27-22(26-19)28-23(29-24(33)25-11-17-32-3)31-15-13-30(14-16-31)12-7-10-21-8-5-4-6-9-21/h4-10,18H,11-17H2,1-3H3,(H2,25,26,27,28,29,33)/b10-7+. The predicted octanol–water partition coefficient (Wildman–Crippen LogP) is 2.71. The molecule has 2 aromatic rings. The molecule has 1 aliphatic heterocycles. The summed E-state index contributed by atoms with van der Waals surface area (Å²) >= 11 is 5.43. The van der Waals surface area contributed by atoms with Gasteiger partial charge in [-0.1, -0.05) is 42.5 Å². The van der Waals surface area contributed by atoms with E-state index in [1.54, 1.807) is 7.11 Å². The van der Waals surface area contributed by atoms with E-state index >= 15 is 0 Å². The summed E-state index contributed by atoms with van der Waals surface area (Å²) in [5.41, 5.74) is 3.03. The van der Waals surface area contributed by atoms with Crippen LogP contribution < -0.4 is 10.6 Å². The highest BCUT2D eigenvalue weighted by Crippen LogP contribution is 2.09. The number of aryl methyl sites for hydroxylation is 2. The van der Waals surface area contributed by atoms with Crippen LogP contribution >= 0.6 is 12.2 Å². The van der Waals surface area contributed by atoms with Gasteiger partial charge in [-0.25, -0.2) is 9.97 Å². The lowest BCUT2D eigenvalue weighted by atomic mass is 10.2. The van der Waals surface area contributed by atoms with Crippen LogP contribution in [0.5, 0.6) is 0 Å². The van der Waals surface area contributed by atoms with Crippen molar-refractivity contribution in [3.63, 3.8) is 0 Å². The van der Waals surface area contributed by atoms with E-state index in [1.807, 2.05) is 26.0 Å². The summed E-state index contributed by atoms with van der Waals surface area (Å²) in [5.74, 6) is 1.19. The Balaban J connectivity index is 1.62. The van der Waals surface area contributed by atoms with E-state index in [9.17, 15) is 0 Å². The number of methoxy groups -OCH3 is 1. The third kappa shape index (κ3) is 8.53. The van der Waals surface area contributed by atoms with Crippen molar-refractivity contribution >= 4 is 35.3 Å². The number of hydrogen-bond acceptors (Lipinski definition) is 5. The van der Waals surface area contributed by atoms with Crippen molar-refractivity contribution in [2.45, 2.75) is 13.8 Å². The van der Waals surface area contributed by atoms with Crippen molar-refractivity contribution in [1.29, 1.82) is 0 Å². The zero-order valence-corrected chi connectivity index (χ0v) is 20.4. The molecule has 0 unspecified atom stereocenters. The molecular formula is C24H33N7OS. The summed E-state index contributed by atoms with van der Waals surface area (Å²) in [6.07, 6.45) is 4.39. The molecule has 1 aromatic carbocycles. The highest BCUT2D eigenvalue weighted by atomic mass is 32.1. The molecule has 0 radical (unpaired) electrons. The van der Waals surface area contributed by atoms with Crippen molar-refractivity contribution < 1.29 is 4.74 Å². The van der Waals surface area contributed by atoms with E-state index in [2.05, 4.69) is 71.8 Å². The number of guanidine groups is 1. The molecule has 0 bridgehead atoms. The van der Waals surface area contributed by atoms with Crippen molar-refractivity contribution in [2.24, 2.45) is 4.99 Å². The first-order valence-electron chi connectivity index (χ1n) is 11.2. The van der Waals surface area contributed by atoms with Gasteiger partial charge >= 0.3 is 0 Å². The summed E-state index contributed by atoms with van der Waals surface area (Å²) in [4.78, 5) is 18.3. The topological polar surface area (TPSA) is 77.9 Å². The zero-order valence-electron chi connectivity index (χ0n) is 19.6. The quantitative estimate of drug-likeness (QED) is 0.279. The Kier molecular flexibility index (Phi) is 9.74. The normalized spacial score (nSPS) is 15.1. The Morgan fingerprint density at radius 2 is 1.82 bits per heavy atom. The Labute approximate surface area is 201 Å². The summed E-state index contributed by atoms with van der Waals surface area (Å²) in [5, 5.41) is 6.81. The average Bonchev–Trinajstić information content (AvgIpc) is 2.79. The van der Waals surface area contributed by atoms with Gasteiger partial charge in [0.25, 0.3) is 0 Å². The number of nitrogens with one attached hydrogen (secondary N) is 2. The summed E-state index contributed by atoms with van der Waals surface area (Å²) in [7, 11) is 1.66. The molecule has 3 rings (SSSR count). The van der Waals surface area contributed by atoms with Crippen LogP contribution in [0.2, 0.25) is 0 Å². The molecule has 2 N–H and O–H groups in total. The molecule has 1 aromatic heterocycles. The Hall–Kier alpha value is -2.88. The number of aromatic nitrogens is 2. The lowest BCUT2D eigenvalue weighted by molar-refractivity contribution is 0.197. The molecule has 0 amide bonds. The van der Waals surface area contributed by atoms with Crippen LogP contribution in [0.3, 0.4) is 0 Å². The first kappa shape index (κ1) is 24.8.